The summed E-state index contributed by atoms with van der Waals surface area (Å²) in [6, 6.07) is 0. The third-order valence-electron chi connectivity index (χ3n) is 0. The van der Waals surface area contributed by atoms with E-state index in [1.165, 1.54) is 0 Å². The van der Waals surface area contributed by atoms with E-state index in [9.17, 15) is 0 Å². The van der Waals surface area contributed by atoms with Gasteiger partial charge in [-0.15, -0.1) is 0 Å². The van der Waals surface area contributed by atoms with Crippen LogP contribution in [-0.4, -0.2) is 20.4 Å². The van der Waals surface area contributed by atoms with Crippen molar-refractivity contribution in [2.45, 2.75) is 0 Å². The molecular weight excluding hydrogens is 283 g/mol. The van der Waals surface area contributed by atoms with Crippen LogP contribution >= 0.6 is 0 Å². The van der Waals surface area contributed by atoms with E-state index < -0.39 is 20.4 Å². The third-order valence-corrected chi connectivity index (χ3v) is 0. The van der Waals surface area contributed by atoms with Gasteiger partial charge in [0.15, 0.2) is 0 Å². The molecule has 0 aliphatic carbocycles. The fourth-order valence-corrected chi connectivity index (χ4v) is 0. The van der Waals surface area contributed by atoms with Crippen LogP contribution in [0.1, 0.15) is 0 Å². The van der Waals surface area contributed by atoms with E-state index in [2.05, 4.69) is 0 Å². The first-order chi connectivity index (χ1) is 1.73. The van der Waals surface area contributed by atoms with Crippen molar-refractivity contribution in [3.05, 3.63) is 0 Å². The molecule has 0 bridgehead atoms. The normalized spacial score (nSPS) is 7.00. The summed E-state index contributed by atoms with van der Waals surface area (Å²) in [5.41, 5.74) is 0. The Hall–Kier alpha value is 1.25. The zero-order chi connectivity index (χ0) is 3.58. The van der Waals surface area contributed by atoms with E-state index in [1.807, 2.05) is 0 Å². The maximum atomic E-state index is 8.59. The summed E-state index contributed by atoms with van der Waals surface area (Å²) in [6.07, 6.45) is 0. The minimum Gasteiger partial charge on any atom is 2.00 e. The predicted molar refractivity (Wildman–Crippen MR) is 6.44 cm³/mol. The fourth-order valence-electron chi connectivity index (χ4n) is 0. The van der Waals surface area contributed by atoms with Crippen LogP contribution in [-0.2, 0) is 25.5 Å². The summed E-state index contributed by atoms with van der Waals surface area (Å²) in [5.74, 6) is 0. The average molecular weight is 283 g/mol. The van der Waals surface area contributed by atoms with E-state index in [0.29, 0.717) is 0 Å². The summed E-state index contributed by atoms with van der Waals surface area (Å²) in [5, 5.41) is 0. The molecule has 0 aliphatic rings. The molecule has 0 unspecified atom stereocenters. The molecule has 0 N–H and O–H groups in total. The van der Waals surface area contributed by atoms with Crippen molar-refractivity contribution in [3.8, 4) is 0 Å². The molecule has 0 aliphatic heterocycles. The molecule has 0 saturated carbocycles. The Morgan fingerprint density at radius 3 is 1.40 bits per heavy atom. The largest absolute Gasteiger partial charge is 2.00 e. The molecule has 5 heavy (non-hydrogen) atoms. The Morgan fingerprint density at radius 1 is 1.40 bits per heavy atom. The second-order valence-corrected chi connectivity index (χ2v) is 1.37. The topological polar surface area (TPSA) is 63.2 Å². The van der Waals surface area contributed by atoms with E-state index in [1.54, 1.807) is 0 Å². The smallest absolute Gasteiger partial charge is 2.00 e. The monoisotopic (exact) mass is 285 g/mol. The van der Waals surface area contributed by atoms with Crippen LogP contribution in [0, 0.1) is 0 Å². The first-order valence-electron chi connectivity index (χ1n) is 0.500. The molecule has 0 aromatic heterocycles. The SMILES string of the molecule is O=[Te]([O-])[O-].[Ag+2]. The minimum atomic E-state index is -4.11. The van der Waals surface area contributed by atoms with E-state index >= 15 is 0 Å². The van der Waals surface area contributed by atoms with Crippen LogP contribution in [0.2, 0.25) is 0 Å². The molecule has 0 heterocycles. The summed E-state index contributed by atoms with van der Waals surface area (Å²) < 4.78 is 25.8. The number of rotatable bonds is 0. The van der Waals surface area contributed by atoms with Gasteiger partial charge in [0.2, 0.25) is 0 Å². The van der Waals surface area contributed by atoms with Crippen molar-refractivity contribution in [2.24, 2.45) is 0 Å². The zero-order valence-corrected chi connectivity index (χ0v) is 5.75. The van der Waals surface area contributed by atoms with Crippen LogP contribution in [0.25, 0.3) is 0 Å². The zero-order valence-electron chi connectivity index (χ0n) is 1.93. The summed E-state index contributed by atoms with van der Waals surface area (Å²) in [4.78, 5) is 0. The van der Waals surface area contributed by atoms with Crippen LogP contribution < -0.4 is 6.94 Å². The predicted octanol–water partition coefficient (Wildman–Crippen LogP) is -2.88. The van der Waals surface area contributed by atoms with Crippen molar-refractivity contribution in [3.63, 3.8) is 0 Å². The van der Waals surface area contributed by atoms with Gasteiger partial charge in [-0.05, 0) is 0 Å². The van der Waals surface area contributed by atoms with Crippen molar-refractivity contribution in [2.75, 3.05) is 0 Å². The summed E-state index contributed by atoms with van der Waals surface area (Å²) in [7, 11) is 0. The van der Waals surface area contributed by atoms with Gasteiger partial charge in [0.25, 0.3) is 0 Å². The molecule has 0 spiro atoms. The van der Waals surface area contributed by atoms with E-state index in [4.69, 9.17) is 10.0 Å². The van der Waals surface area contributed by atoms with Gasteiger partial charge < -0.3 is 0 Å². The molecule has 0 fully saturated rings. The molecule has 5 heteroatoms. The van der Waals surface area contributed by atoms with Crippen molar-refractivity contribution < 1.29 is 32.4 Å². The van der Waals surface area contributed by atoms with Crippen LogP contribution in [0.4, 0.5) is 0 Å². The van der Waals surface area contributed by atoms with E-state index in [0.717, 1.165) is 0 Å². The van der Waals surface area contributed by atoms with Crippen molar-refractivity contribution in [1.29, 1.82) is 0 Å². The number of hydrogen-bond donors (Lipinski definition) is 0. The average Bonchev–Trinajstić information content (AvgIpc) is 0.811. The van der Waals surface area contributed by atoms with Crippen LogP contribution in [0.5, 0.6) is 0 Å². The van der Waals surface area contributed by atoms with Gasteiger partial charge in [0, 0.05) is 0 Å². The molecule has 35 valence electrons. The summed E-state index contributed by atoms with van der Waals surface area (Å²) in [6.45, 7) is 0. The second-order valence-electron chi connectivity index (χ2n) is 0.204. The Balaban J connectivity index is 0. The van der Waals surface area contributed by atoms with Crippen molar-refractivity contribution >= 4 is 20.4 Å². The molecule has 0 saturated heterocycles. The van der Waals surface area contributed by atoms with Gasteiger partial charge in [0.05, 0.1) is 0 Å². The molecule has 0 aromatic rings. The Morgan fingerprint density at radius 2 is 1.40 bits per heavy atom. The van der Waals surface area contributed by atoms with Crippen molar-refractivity contribution in [1.82, 2.24) is 0 Å². The van der Waals surface area contributed by atoms with Crippen LogP contribution in [0.15, 0.2) is 0 Å². The Bertz CT molecular complexity index is 29.9. The second kappa shape index (κ2) is 5.25. The Kier molecular flexibility index (Phi) is 10.0. The van der Waals surface area contributed by atoms with Gasteiger partial charge in [-0.1, -0.05) is 0 Å². The van der Waals surface area contributed by atoms with Gasteiger partial charge in [-0.3, -0.25) is 0 Å². The molecular formula is AgO3Te. The van der Waals surface area contributed by atoms with Gasteiger partial charge in [0.1, 0.15) is 0 Å². The van der Waals surface area contributed by atoms with E-state index in [-0.39, 0.29) is 22.4 Å². The molecule has 0 atom stereocenters. The number of hydrogen-bond acceptors (Lipinski definition) is 3. The standard InChI is InChI=1S/Ag.H2O3Te/c;1-4(2)3/h;(H2,1,2,3)/q+2;/p-2. The third kappa shape index (κ3) is 35.5. The first kappa shape index (κ1) is 9.54. The quantitative estimate of drug-likeness (QED) is 0.449. The first-order valence-corrected chi connectivity index (χ1v) is 3.35. The molecule has 1 radical (unpaired) electrons. The molecule has 3 nitrogen and oxygen atoms in total. The maximum Gasteiger partial charge on any atom is 2.00 e. The fraction of sp³-hybridized carbons (Fsp3) is 0. The minimum absolute atomic E-state index is 0. The van der Waals surface area contributed by atoms with Crippen LogP contribution in [0.3, 0.4) is 0 Å². The van der Waals surface area contributed by atoms with Gasteiger partial charge in [-0.2, -0.15) is 0 Å². The van der Waals surface area contributed by atoms with Gasteiger partial charge in [-0.25, -0.2) is 0 Å². The molecule has 0 aromatic carbocycles. The summed E-state index contributed by atoms with van der Waals surface area (Å²) >= 11 is -4.11. The molecule has 0 rings (SSSR count). The Labute approximate surface area is 52.6 Å². The van der Waals surface area contributed by atoms with Gasteiger partial charge >= 0.3 is 52.8 Å². The maximum absolute atomic E-state index is 8.59. The molecule has 0 amide bonds.